The van der Waals surface area contributed by atoms with Crippen LogP contribution in [0.1, 0.15) is 48.8 Å². The van der Waals surface area contributed by atoms with Crippen molar-refractivity contribution in [2.45, 2.75) is 45.1 Å². The van der Waals surface area contributed by atoms with Crippen LogP contribution in [0.15, 0.2) is 6.07 Å². The van der Waals surface area contributed by atoms with E-state index in [-0.39, 0.29) is 11.8 Å². The van der Waals surface area contributed by atoms with E-state index >= 15 is 0 Å². The first-order valence-electron chi connectivity index (χ1n) is 8.72. The van der Waals surface area contributed by atoms with Crippen molar-refractivity contribution < 1.29 is 14.7 Å². The Morgan fingerprint density at radius 2 is 2.17 bits per heavy atom. The second-order valence-electron chi connectivity index (χ2n) is 7.14. The number of nitrogens with one attached hydrogen (secondary N) is 1. The van der Waals surface area contributed by atoms with Gasteiger partial charge >= 0.3 is 0 Å². The number of piperidine rings is 2. The second-order valence-corrected chi connectivity index (χ2v) is 7.14. The summed E-state index contributed by atoms with van der Waals surface area (Å²) in [4.78, 5) is 28.6. The molecule has 1 spiro atoms. The molecular formula is C17H26N4O3. The summed E-state index contributed by atoms with van der Waals surface area (Å²) < 4.78 is 0. The third-order valence-electron chi connectivity index (χ3n) is 5.29. The fraction of sp³-hybridized carbons (Fsp3) is 0.706. The van der Waals surface area contributed by atoms with Gasteiger partial charge in [0.1, 0.15) is 5.69 Å². The lowest BCUT2D eigenvalue weighted by molar-refractivity contribution is -0.154. The van der Waals surface area contributed by atoms with Crippen molar-refractivity contribution in [1.82, 2.24) is 20.0 Å². The molecule has 0 saturated carbocycles. The predicted molar refractivity (Wildman–Crippen MR) is 88.4 cm³/mol. The van der Waals surface area contributed by atoms with Gasteiger partial charge < -0.3 is 14.9 Å². The number of likely N-dealkylation sites (tertiary alicyclic amines) is 2. The number of β-amino-alcohol motifs (C(OH)–C–C–N with tert-alkyl or cyclic N) is 1. The standard InChI is InChI=1S/C17H26N4O3/c1-3-4-12-9-14(19-18-12)15(23)21-7-5-17(6-8-21)10-13(22)11-20(2)16(17)24/h9,13,22H,3-8,10-11H2,1-2H3,(H,18,19). The van der Waals surface area contributed by atoms with Gasteiger partial charge in [-0.2, -0.15) is 5.10 Å². The van der Waals surface area contributed by atoms with E-state index in [0.29, 0.717) is 44.6 Å². The fourth-order valence-corrected chi connectivity index (χ4v) is 3.99. The Hall–Kier alpha value is -1.89. The summed E-state index contributed by atoms with van der Waals surface area (Å²) in [5.41, 5.74) is 0.908. The van der Waals surface area contributed by atoms with Gasteiger partial charge in [0.25, 0.3) is 5.91 Å². The Kier molecular flexibility index (Phi) is 4.62. The Bertz CT molecular complexity index is 619. The lowest BCUT2D eigenvalue weighted by atomic mass is 9.71. The number of aromatic nitrogens is 2. The minimum Gasteiger partial charge on any atom is -0.391 e. The van der Waals surface area contributed by atoms with Gasteiger partial charge in [-0.3, -0.25) is 14.7 Å². The van der Waals surface area contributed by atoms with Gasteiger partial charge in [-0.1, -0.05) is 13.3 Å². The first-order chi connectivity index (χ1) is 11.4. The van der Waals surface area contributed by atoms with Crippen molar-refractivity contribution in [2.75, 3.05) is 26.7 Å². The molecule has 24 heavy (non-hydrogen) atoms. The number of H-pyrrole nitrogens is 1. The Morgan fingerprint density at radius 3 is 2.83 bits per heavy atom. The van der Waals surface area contributed by atoms with E-state index in [0.717, 1.165) is 18.5 Å². The molecule has 2 amide bonds. The van der Waals surface area contributed by atoms with Crippen LogP contribution in [-0.4, -0.2) is 69.7 Å². The molecule has 1 aromatic heterocycles. The van der Waals surface area contributed by atoms with Gasteiger partial charge in [-0.15, -0.1) is 0 Å². The number of aliphatic hydroxyl groups is 1. The molecule has 2 N–H and O–H groups in total. The van der Waals surface area contributed by atoms with Crippen LogP contribution in [0.25, 0.3) is 0 Å². The van der Waals surface area contributed by atoms with E-state index in [1.165, 1.54) is 0 Å². The third kappa shape index (κ3) is 3.05. The predicted octanol–water partition coefficient (Wildman–Crippen LogP) is 0.808. The summed E-state index contributed by atoms with van der Waals surface area (Å²) in [7, 11) is 1.74. The molecule has 1 aromatic rings. The SMILES string of the molecule is CCCc1cc(C(=O)N2CCC3(CC2)CC(O)CN(C)C3=O)n[nH]1. The minimum atomic E-state index is -0.512. The molecule has 0 bridgehead atoms. The van der Waals surface area contributed by atoms with Crippen LogP contribution in [0.2, 0.25) is 0 Å². The van der Waals surface area contributed by atoms with Crippen LogP contribution in [0.5, 0.6) is 0 Å². The Labute approximate surface area is 142 Å². The van der Waals surface area contributed by atoms with Crippen molar-refractivity contribution in [3.63, 3.8) is 0 Å². The highest BCUT2D eigenvalue weighted by molar-refractivity contribution is 5.92. The summed E-state index contributed by atoms with van der Waals surface area (Å²) in [5, 5.41) is 17.1. The van der Waals surface area contributed by atoms with Crippen molar-refractivity contribution in [3.05, 3.63) is 17.5 Å². The van der Waals surface area contributed by atoms with E-state index in [9.17, 15) is 14.7 Å². The van der Waals surface area contributed by atoms with Gasteiger partial charge in [0.05, 0.1) is 11.5 Å². The van der Waals surface area contributed by atoms with E-state index < -0.39 is 11.5 Å². The zero-order valence-electron chi connectivity index (χ0n) is 14.4. The maximum absolute atomic E-state index is 12.6. The summed E-state index contributed by atoms with van der Waals surface area (Å²) >= 11 is 0. The molecule has 3 heterocycles. The topological polar surface area (TPSA) is 89.5 Å². The van der Waals surface area contributed by atoms with Crippen LogP contribution in [0, 0.1) is 5.41 Å². The second kappa shape index (κ2) is 6.55. The monoisotopic (exact) mass is 334 g/mol. The number of rotatable bonds is 3. The molecule has 1 atom stereocenters. The lowest BCUT2D eigenvalue weighted by Gasteiger charge is -2.46. The van der Waals surface area contributed by atoms with Gasteiger partial charge in [-0.05, 0) is 31.7 Å². The molecule has 7 nitrogen and oxygen atoms in total. The first kappa shape index (κ1) is 17.0. The smallest absolute Gasteiger partial charge is 0.274 e. The zero-order chi connectivity index (χ0) is 17.3. The summed E-state index contributed by atoms with van der Waals surface area (Å²) in [6.07, 6.45) is 3.11. The van der Waals surface area contributed by atoms with Crippen LogP contribution in [0.4, 0.5) is 0 Å². The van der Waals surface area contributed by atoms with E-state index in [2.05, 4.69) is 17.1 Å². The highest BCUT2D eigenvalue weighted by atomic mass is 16.3. The summed E-state index contributed by atoms with van der Waals surface area (Å²) in [5.74, 6) is 0.0190. The first-order valence-corrected chi connectivity index (χ1v) is 8.72. The zero-order valence-corrected chi connectivity index (χ0v) is 14.4. The normalized spacial score (nSPS) is 23.8. The van der Waals surface area contributed by atoms with Crippen molar-refractivity contribution >= 4 is 11.8 Å². The average molecular weight is 334 g/mol. The molecule has 2 fully saturated rings. The molecular weight excluding hydrogens is 308 g/mol. The van der Waals surface area contributed by atoms with Crippen LogP contribution >= 0.6 is 0 Å². The summed E-state index contributed by atoms with van der Waals surface area (Å²) in [6.45, 7) is 3.54. The number of carbonyl (C=O) groups is 2. The van der Waals surface area contributed by atoms with Crippen molar-refractivity contribution in [1.29, 1.82) is 0 Å². The number of likely N-dealkylation sites (N-methyl/N-ethyl adjacent to an activating group) is 1. The molecule has 132 valence electrons. The molecule has 0 radical (unpaired) electrons. The van der Waals surface area contributed by atoms with Gasteiger partial charge in [0.2, 0.25) is 5.91 Å². The molecule has 2 aliphatic heterocycles. The number of carbonyl (C=O) groups excluding carboxylic acids is 2. The van der Waals surface area contributed by atoms with Crippen molar-refractivity contribution in [3.8, 4) is 0 Å². The number of amides is 2. The van der Waals surface area contributed by atoms with Gasteiger partial charge in [0, 0.05) is 32.4 Å². The Morgan fingerprint density at radius 1 is 1.46 bits per heavy atom. The van der Waals surface area contributed by atoms with E-state index in [1.54, 1.807) is 16.8 Å². The number of hydrogen-bond donors (Lipinski definition) is 2. The van der Waals surface area contributed by atoms with Crippen LogP contribution < -0.4 is 0 Å². The maximum Gasteiger partial charge on any atom is 0.274 e. The number of nitrogens with zero attached hydrogens (tertiary/aromatic N) is 3. The molecule has 0 aliphatic carbocycles. The number of aromatic amines is 1. The quantitative estimate of drug-likeness (QED) is 0.856. The highest BCUT2D eigenvalue weighted by Gasteiger charge is 2.48. The largest absolute Gasteiger partial charge is 0.391 e. The fourth-order valence-electron chi connectivity index (χ4n) is 3.99. The van der Waals surface area contributed by atoms with Crippen LogP contribution in [-0.2, 0) is 11.2 Å². The molecule has 2 aliphatic rings. The molecule has 0 aromatic carbocycles. The van der Waals surface area contributed by atoms with Gasteiger partial charge in [0.15, 0.2) is 0 Å². The Balaban J connectivity index is 1.65. The molecule has 7 heteroatoms. The molecule has 2 saturated heterocycles. The maximum atomic E-state index is 12.6. The highest BCUT2D eigenvalue weighted by Crippen LogP contribution is 2.40. The van der Waals surface area contributed by atoms with Crippen LogP contribution in [0.3, 0.4) is 0 Å². The number of hydrogen-bond acceptors (Lipinski definition) is 4. The average Bonchev–Trinajstić information content (AvgIpc) is 3.02. The third-order valence-corrected chi connectivity index (χ3v) is 5.29. The summed E-state index contributed by atoms with van der Waals surface area (Å²) in [6, 6.07) is 1.82. The number of aryl methyl sites for hydroxylation is 1. The molecule has 1 unspecified atom stereocenters. The lowest BCUT2D eigenvalue weighted by Crippen LogP contribution is -2.56. The van der Waals surface area contributed by atoms with Gasteiger partial charge in [-0.25, -0.2) is 0 Å². The van der Waals surface area contributed by atoms with Crippen molar-refractivity contribution in [2.24, 2.45) is 5.41 Å². The minimum absolute atomic E-state index is 0.0828. The molecule has 3 rings (SSSR count). The number of aliphatic hydroxyl groups excluding tert-OH is 1. The van der Waals surface area contributed by atoms with E-state index in [1.807, 2.05) is 6.07 Å². The van der Waals surface area contributed by atoms with E-state index in [4.69, 9.17) is 0 Å².